The Labute approximate surface area is 89.0 Å². The molecule has 1 aromatic carbocycles. The summed E-state index contributed by atoms with van der Waals surface area (Å²) in [5, 5.41) is 0. The van der Waals surface area contributed by atoms with Crippen molar-refractivity contribution in [1.82, 2.24) is 0 Å². The zero-order valence-corrected chi connectivity index (χ0v) is 8.43. The zero-order chi connectivity index (χ0) is 9.31. The average molecular weight is 192 g/mol. The summed E-state index contributed by atoms with van der Waals surface area (Å²) in [6.45, 7) is 0. The van der Waals surface area contributed by atoms with Crippen LogP contribution in [0.4, 0.5) is 0 Å². The third-order valence-corrected chi connectivity index (χ3v) is 6.27. The molecule has 0 aromatic heterocycles. The SMILES string of the molecule is c1ccc(C2=C3C4C5C2C2C3C4C52)cc1. The minimum atomic E-state index is 1.02. The summed E-state index contributed by atoms with van der Waals surface area (Å²) < 4.78 is 0. The monoisotopic (exact) mass is 192 g/mol. The third kappa shape index (κ3) is 0.393. The Hall–Kier alpha value is -1.04. The van der Waals surface area contributed by atoms with Crippen molar-refractivity contribution in [2.75, 3.05) is 0 Å². The van der Waals surface area contributed by atoms with Crippen molar-refractivity contribution in [2.24, 2.45) is 41.4 Å². The van der Waals surface area contributed by atoms with Crippen LogP contribution in [-0.2, 0) is 0 Å². The van der Waals surface area contributed by atoms with Crippen molar-refractivity contribution in [2.45, 2.75) is 0 Å². The van der Waals surface area contributed by atoms with E-state index in [1.165, 1.54) is 11.8 Å². The summed E-state index contributed by atoms with van der Waals surface area (Å²) in [4.78, 5) is 0. The predicted octanol–water partition coefficient (Wildman–Crippen LogP) is 2.82. The fraction of sp³-hybridized carbons (Fsp3) is 0.467. The van der Waals surface area contributed by atoms with E-state index >= 15 is 0 Å². The predicted molar refractivity (Wildman–Crippen MR) is 57.8 cm³/mol. The van der Waals surface area contributed by atoms with Crippen LogP contribution in [0.25, 0.3) is 5.57 Å². The van der Waals surface area contributed by atoms with Gasteiger partial charge in [0.1, 0.15) is 0 Å². The molecule has 4 unspecified atom stereocenters. The molecule has 0 amide bonds. The topological polar surface area (TPSA) is 0 Å². The fourth-order valence-corrected chi connectivity index (χ4v) is 6.06. The third-order valence-electron chi connectivity index (χ3n) is 6.27. The molecule has 0 nitrogen and oxygen atoms in total. The molecule has 15 heavy (non-hydrogen) atoms. The van der Waals surface area contributed by atoms with Gasteiger partial charge in [0.25, 0.3) is 0 Å². The van der Waals surface area contributed by atoms with Crippen LogP contribution in [0, 0.1) is 41.4 Å². The normalized spacial score (nSPS) is 59.1. The van der Waals surface area contributed by atoms with E-state index in [-0.39, 0.29) is 0 Å². The summed E-state index contributed by atoms with van der Waals surface area (Å²) in [7, 11) is 0. The van der Waals surface area contributed by atoms with Gasteiger partial charge in [-0.2, -0.15) is 0 Å². The summed E-state index contributed by atoms with van der Waals surface area (Å²) in [6.07, 6.45) is 0. The van der Waals surface area contributed by atoms with E-state index in [1.807, 2.05) is 11.1 Å². The first-order valence-electron chi connectivity index (χ1n) is 6.28. The molecule has 0 N–H and O–H groups in total. The van der Waals surface area contributed by atoms with Crippen LogP contribution in [0.2, 0.25) is 0 Å². The van der Waals surface area contributed by atoms with Gasteiger partial charge in [-0.15, -0.1) is 0 Å². The van der Waals surface area contributed by atoms with Gasteiger partial charge in [-0.1, -0.05) is 35.9 Å². The first-order valence-corrected chi connectivity index (χ1v) is 6.28. The van der Waals surface area contributed by atoms with Crippen molar-refractivity contribution in [3.05, 3.63) is 41.5 Å². The zero-order valence-electron chi connectivity index (χ0n) is 8.43. The second-order valence-electron chi connectivity index (χ2n) is 6.12. The average Bonchev–Trinajstić information content (AvgIpc) is 2.51. The molecule has 0 radical (unpaired) electrons. The Morgan fingerprint density at radius 2 is 1.33 bits per heavy atom. The maximum Gasteiger partial charge on any atom is -0.00822 e. The van der Waals surface area contributed by atoms with Crippen LogP contribution in [0.5, 0.6) is 0 Å². The van der Waals surface area contributed by atoms with E-state index in [0.29, 0.717) is 0 Å². The largest absolute Gasteiger partial charge is 0.0622 e. The molecule has 6 aliphatic carbocycles. The van der Waals surface area contributed by atoms with Crippen molar-refractivity contribution in [1.29, 1.82) is 0 Å². The summed E-state index contributed by atoms with van der Waals surface area (Å²) in [6, 6.07) is 11.2. The Balaban J connectivity index is 1.63. The van der Waals surface area contributed by atoms with Crippen molar-refractivity contribution in [3.63, 3.8) is 0 Å². The minimum absolute atomic E-state index is 1.02. The number of rotatable bonds is 1. The molecule has 0 saturated heterocycles. The number of allylic oxidation sites excluding steroid dienone is 2. The van der Waals surface area contributed by atoms with Crippen LogP contribution < -0.4 is 0 Å². The quantitative estimate of drug-likeness (QED) is 0.642. The summed E-state index contributed by atoms with van der Waals surface area (Å²) in [5.41, 5.74) is 5.29. The molecular weight excluding hydrogens is 180 g/mol. The van der Waals surface area contributed by atoms with Crippen LogP contribution in [0.1, 0.15) is 5.56 Å². The number of hydrogen-bond acceptors (Lipinski definition) is 0. The molecule has 4 fully saturated rings. The Morgan fingerprint density at radius 3 is 1.93 bits per heavy atom. The van der Waals surface area contributed by atoms with Gasteiger partial charge < -0.3 is 0 Å². The lowest BCUT2D eigenvalue weighted by molar-refractivity contribution is -0.333. The van der Waals surface area contributed by atoms with E-state index in [1.54, 1.807) is 5.56 Å². The minimum Gasteiger partial charge on any atom is -0.0622 e. The van der Waals surface area contributed by atoms with E-state index in [4.69, 9.17) is 0 Å². The van der Waals surface area contributed by atoms with Gasteiger partial charge >= 0.3 is 0 Å². The molecule has 7 rings (SSSR count). The highest BCUT2D eigenvalue weighted by Crippen LogP contribution is 2.94. The first-order chi connectivity index (χ1) is 7.48. The lowest BCUT2D eigenvalue weighted by atomic mass is 9.20. The Morgan fingerprint density at radius 1 is 0.667 bits per heavy atom. The lowest BCUT2D eigenvalue weighted by Gasteiger charge is -2.84. The Bertz CT molecular complexity index is 516. The maximum absolute atomic E-state index is 2.33. The van der Waals surface area contributed by atoms with E-state index in [0.717, 1.165) is 29.6 Å². The second-order valence-corrected chi connectivity index (χ2v) is 6.12. The highest BCUT2D eigenvalue weighted by Gasteiger charge is 2.89. The molecule has 1 aromatic rings. The standard InChI is InChI=1S/C15H12/c1-2-4-6(5-3-1)7-8-10-12-9(7)13-11(8)14(10)15(12)13/h1-5,8,10-15H. The van der Waals surface area contributed by atoms with Crippen molar-refractivity contribution >= 4 is 5.57 Å². The molecule has 2 bridgehead atoms. The molecule has 4 saturated carbocycles. The van der Waals surface area contributed by atoms with Crippen LogP contribution in [0.15, 0.2) is 35.9 Å². The first kappa shape index (κ1) is 6.52. The fourth-order valence-electron chi connectivity index (χ4n) is 6.06. The molecule has 0 heterocycles. The van der Waals surface area contributed by atoms with E-state index in [2.05, 4.69) is 30.3 Å². The van der Waals surface area contributed by atoms with Gasteiger partial charge in [0.15, 0.2) is 0 Å². The highest BCUT2D eigenvalue weighted by molar-refractivity contribution is 5.84. The Kier molecular flexibility index (Phi) is 0.699. The van der Waals surface area contributed by atoms with Gasteiger partial charge in [0.2, 0.25) is 0 Å². The lowest BCUT2D eigenvalue weighted by Crippen LogP contribution is -2.81. The summed E-state index contributed by atoms with van der Waals surface area (Å²) >= 11 is 0. The molecule has 0 aliphatic heterocycles. The van der Waals surface area contributed by atoms with Crippen molar-refractivity contribution < 1.29 is 0 Å². The maximum atomic E-state index is 2.33. The van der Waals surface area contributed by atoms with Gasteiger partial charge in [0.05, 0.1) is 0 Å². The molecule has 0 spiro atoms. The van der Waals surface area contributed by atoms with Crippen LogP contribution in [0.3, 0.4) is 0 Å². The molecule has 72 valence electrons. The van der Waals surface area contributed by atoms with Gasteiger partial charge in [-0.25, -0.2) is 0 Å². The van der Waals surface area contributed by atoms with Crippen LogP contribution >= 0.6 is 0 Å². The van der Waals surface area contributed by atoms with Gasteiger partial charge in [-0.05, 0) is 52.6 Å². The number of benzene rings is 1. The van der Waals surface area contributed by atoms with E-state index in [9.17, 15) is 0 Å². The van der Waals surface area contributed by atoms with Crippen molar-refractivity contribution in [3.8, 4) is 0 Å². The van der Waals surface area contributed by atoms with Crippen LogP contribution in [-0.4, -0.2) is 0 Å². The summed E-state index contributed by atoms with van der Waals surface area (Å²) in [5.74, 6) is 7.86. The molecule has 6 aliphatic rings. The number of hydrogen-bond donors (Lipinski definition) is 0. The molecular formula is C15H12. The smallest absolute Gasteiger partial charge is 0.00822 e. The molecule has 0 heteroatoms. The van der Waals surface area contributed by atoms with E-state index < -0.39 is 0 Å². The van der Waals surface area contributed by atoms with Gasteiger partial charge in [-0.3, -0.25) is 0 Å². The highest BCUT2D eigenvalue weighted by atomic mass is 14.9. The van der Waals surface area contributed by atoms with Gasteiger partial charge in [0, 0.05) is 0 Å². The molecule has 4 atom stereocenters. The second kappa shape index (κ2) is 1.61.